The van der Waals surface area contributed by atoms with E-state index >= 15 is 0 Å². The molecular weight excluding hydrogens is 248 g/mol. The molecule has 1 atom stereocenters. The van der Waals surface area contributed by atoms with E-state index in [-0.39, 0.29) is 18.2 Å². The van der Waals surface area contributed by atoms with Gasteiger partial charge >= 0.3 is 5.97 Å². The molecule has 6 nitrogen and oxygen atoms in total. The second-order valence-electron chi connectivity index (χ2n) is 4.56. The van der Waals surface area contributed by atoms with Crippen molar-refractivity contribution in [3.05, 3.63) is 33.9 Å². The minimum Gasteiger partial charge on any atom is -0.481 e. The molecule has 0 saturated carbocycles. The van der Waals surface area contributed by atoms with E-state index in [1.807, 2.05) is 6.92 Å². The van der Waals surface area contributed by atoms with Gasteiger partial charge < -0.3 is 10.4 Å². The summed E-state index contributed by atoms with van der Waals surface area (Å²) >= 11 is 0. The highest BCUT2D eigenvalue weighted by atomic mass is 16.6. The highest BCUT2D eigenvalue weighted by molar-refractivity contribution is 5.67. The summed E-state index contributed by atoms with van der Waals surface area (Å²) in [4.78, 5) is 21.0. The first-order valence-electron chi connectivity index (χ1n) is 6.14. The van der Waals surface area contributed by atoms with Crippen LogP contribution in [0.1, 0.15) is 31.7 Å². The van der Waals surface area contributed by atoms with E-state index in [0.717, 1.165) is 0 Å². The summed E-state index contributed by atoms with van der Waals surface area (Å²) in [6.45, 7) is 3.58. The molecule has 0 fully saturated rings. The van der Waals surface area contributed by atoms with Gasteiger partial charge in [-0.3, -0.25) is 14.9 Å². The van der Waals surface area contributed by atoms with Crippen LogP contribution in [0.25, 0.3) is 0 Å². The predicted molar refractivity (Wildman–Crippen MR) is 72.4 cm³/mol. The molecule has 1 unspecified atom stereocenters. The zero-order valence-corrected chi connectivity index (χ0v) is 11.0. The average molecular weight is 266 g/mol. The largest absolute Gasteiger partial charge is 0.481 e. The van der Waals surface area contributed by atoms with Crippen LogP contribution in [0.3, 0.4) is 0 Å². The number of aliphatic carboxylic acids is 1. The number of nitro groups is 1. The van der Waals surface area contributed by atoms with Crippen LogP contribution in [0, 0.1) is 17.0 Å². The number of benzene rings is 1. The van der Waals surface area contributed by atoms with Crippen LogP contribution in [0.4, 0.5) is 11.4 Å². The fourth-order valence-corrected chi connectivity index (χ4v) is 1.91. The number of carboxylic acid groups (broad SMARTS) is 1. The molecule has 1 aromatic rings. The molecular formula is C13H18N2O4. The van der Waals surface area contributed by atoms with Crippen LogP contribution >= 0.6 is 0 Å². The van der Waals surface area contributed by atoms with Crippen LogP contribution in [0.15, 0.2) is 18.2 Å². The van der Waals surface area contributed by atoms with E-state index in [1.54, 1.807) is 25.1 Å². The molecule has 0 aliphatic heterocycles. The minimum atomic E-state index is -0.825. The molecule has 0 aliphatic rings. The van der Waals surface area contributed by atoms with Gasteiger partial charge in [0, 0.05) is 18.0 Å². The van der Waals surface area contributed by atoms with E-state index in [0.29, 0.717) is 24.1 Å². The Kier molecular flexibility index (Phi) is 5.29. The first-order valence-corrected chi connectivity index (χ1v) is 6.14. The van der Waals surface area contributed by atoms with Gasteiger partial charge in [0.1, 0.15) is 5.69 Å². The van der Waals surface area contributed by atoms with Crippen molar-refractivity contribution in [1.29, 1.82) is 0 Å². The summed E-state index contributed by atoms with van der Waals surface area (Å²) in [5.41, 5.74) is 1.16. The first-order chi connectivity index (χ1) is 8.91. The van der Waals surface area contributed by atoms with Crippen molar-refractivity contribution < 1.29 is 14.8 Å². The van der Waals surface area contributed by atoms with Crippen molar-refractivity contribution in [2.24, 2.45) is 0 Å². The van der Waals surface area contributed by atoms with Crippen LogP contribution < -0.4 is 5.32 Å². The van der Waals surface area contributed by atoms with Crippen molar-refractivity contribution in [2.45, 2.75) is 39.2 Å². The fourth-order valence-electron chi connectivity index (χ4n) is 1.91. The van der Waals surface area contributed by atoms with Crippen LogP contribution in [0.2, 0.25) is 0 Å². The van der Waals surface area contributed by atoms with Gasteiger partial charge in [-0.25, -0.2) is 0 Å². The third kappa shape index (κ3) is 4.57. The van der Waals surface area contributed by atoms with Crippen LogP contribution in [-0.4, -0.2) is 22.0 Å². The molecule has 19 heavy (non-hydrogen) atoms. The van der Waals surface area contributed by atoms with Crippen molar-refractivity contribution in [1.82, 2.24) is 0 Å². The second kappa shape index (κ2) is 6.72. The summed E-state index contributed by atoms with van der Waals surface area (Å²) in [5, 5.41) is 22.6. The molecule has 1 aromatic carbocycles. The Hall–Kier alpha value is -2.11. The molecule has 0 radical (unpaired) electrons. The summed E-state index contributed by atoms with van der Waals surface area (Å²) < 4.78 is 0. The molecule has 0 amide bonds. The van der Waals surface area contributed by atoms with Gasteiger partial charge in [-0.2, -0.15) is 0 Å². The summed E-state index contributed by atoms with van der Waals surface area (Å²) in [5.74, 6) is -0.825. The number of carbonyl (C=O) groups is 1. The maximum Gasteiger partial charge on any atom is 0.303 e. The number of aryl methyl sites for hydroxylation is 1. The molecule has 0 aromatic heterocycles. The quantitative estimate of drug-likeness (QED) is 0.584. The van der Waals surface area contributed by atoms with Crippen molar-refractivity contribution in [2.75, 3.05) is 5.32 Å². The first kappa shape index (κ1) is 14.9. The Bertz CT molecular complexity index is 474. The number of nitrogens with zero attached hydrogens (tertiary/aromatic N) is 1. The van der Waals surface area contributed by atoms with Gasteiger partial charge in [0.15, 0.2) is 0 Å². The Labute approximate surface area is 111 Å². The van der Waals surface area contributed by atoms with E-state index < -0.39 is 10.9 Å². The number of hydrogen-bond acceptors (Lipinski definition) is 4. The van der Waals surface area contributed by atoms with E-state index in [2.05, 4.69) is 5.32 Å². The topological polar surface area (TPSA) is 92.5 Å². The van der Waals surface area contributed by atoms with Crippen molar-refractivity contribution >= 4 is 17.3 Å². The van der Waals surface area contributed by atoms with E-state index in [4.69, 9.17) is 5.11 Å². The zero-order valence-electron chi connectivity index (χ0n) is 11.0. The van der Waals surface area contributed by atoms with Gasteiger partial charge in [0.25, 0.3) is 5.69 Å². The van der Waals surface area contributed by atoms with Gasteiger partial charge in [-0.05, 0) is 32.8 Å². The van der Waals surface area contributed by atoms with E-state index in [9.17, 15) is 14.9 Å². The maximum absolute atomic E-state index is 11.0. The molecule has 2 N–H and O–H groups in total. The number of carboxylic acids is 1. The minimum absolute atomic E-state index is 0.0140. The lowest BCUT2D eigenvalue weighted by Crippen LogP contribution is -2.16. The van der Waals surface area contributed by atoms with Crippen molar-refractivity contribution in [3.8, 4) is 0 Å². The monoisotopic (exact) mass is 266 g/mol. The summed E-state index contributed by atoms with van der Waals surface area (Å²) in [6, 6.07) is 5.10. The van der Waals surface area contributed by atoms with Gasteiger partial charge in [-0.1, -0.05) is 12.1 Å². The molecule has 0 spiro atoms. The van der Waals surface area contributed by atoms with E-state index in [1.165, 1.54) is 0 Å². The van der Waals surface area contributed by atoms with Gasteiger partial charge in [0.2, 0.25) is 0 Å². The number of para-hydroxylation sites is 1. The number of nitrogens with one attached hydrogen (secondary N) is 1. The van der Waals surface area contributed by atoms with Crippen LogP contribution in [0.5, 0.6) is 0 Å². The molecule has 0 bridgehead atoms. The molecule has 6 heteroatoms. The predicted octanol–water partition coefficient (Wildman–Crippen LogP) is 2.96. The fraction of sp³-hybridized carbons (Fsp3) is 0.462. The lowest BCUT2D eigenvalue weighted by Gasteiger charge is -2.15. The Morgan fingerprint density at radius 3 is 2.79 bits per heavy atom. The Morgan fingerprint density at radius 2 is 2.21 bits per heavy atom. The Morgan fingerprint density at radius 1 is 1.53 bits per heavy atom. The normalized spacial score (nSPS) is 11.9. The molecule has 104 valence electrons. The number of anilines is 1. The highest BCUT2D eigenvalue weighted by Crippen LogP contribution is 2.28. The number of hydrogen-bond donors (Lipinski definition) is 2. The van der Waals surface area contributed by atoms with Crippen molar-refractivity contribution in [3.63, 3.8) is 0 Å². The third-order valence-corrected chi connectivity index (χ3v) is 2.85. The lowest BCUT2D eigenvalue weighted by molar-refractivity contribution is -0.384. The SMILES string of the molecule is Cc1cccc(NC(C)CCCC(=O)O)c1[N+](=O)[O-]. The molecule has 1 rings (SSSR count). The lowest BCUT2D eigenvalue weighted by atomic mass is 10.1. The molecule has 0 aliphatic carbocycles. The molecule has 0 saturated heterocycles. The summed E-state index contributed by atoms with van der Waals surface area (Å²) in [7, 11) is 0. The highest BCUT2D eigenvalue weighted by Gasteiger charge is 2.17. The number of nitro benzene ring substituents is 1. The maximum atomic E-state index is 11.0. The smallest absolute Gasteiger partial charge is 0.303 e. The molecule has 0 heterocycles. The van der Waals surface area contributed by atoms with Crippen LogP contribution in [-0.2, 0) is 4.79 Å². The second-order valence-corrected chi connectivity index (χ2v) is 4.56. The van der Waals surface area contributed by atoms with Gasteiger partial charge in [0.05, 0.1) is 4.92 Å². The Balaban J connectivity index is 2.68. The standard InChI is InChI=1S/C13H18N2O4/c1-9-5-3-7-11(13(9)15(18)19)14-10(2)6-4-8-12(16)17/h3,5,7,10,14H,4,6,8H2,1-2H3,(H,16,17). The number of rotatable bonds is 7. The van der Waals surface area contributed by atoms with Gasteiger partial charge in [-0.15, -0.1) is 0 Å². The third-order valence-electron chi connectivity index (χ3n) is 2.85. The average Bonchev–Trinajstić information content (AvgIpc) is 2.27. The summed E-state index contributed by atoms with van der Waals surface area (Å²) in [6.07, 6.45) is 1.31. The zero-order chi connectivity index (χ0) is 14.4.